The van der Waals surface area contributed by atoms with Crippen LogP contribution >= 0.6 is 23.1 Å². The molecule has 0 amide bonds. The number of para-hydroxylation sites is 1. The van der Waals surface area contributed by atoms with Gasteiger partial charge in [0.25, 0.3) is 0 Å². The van der Waals surface area contributed by atoms with Gasteiger partial charge < -0.3 is 4.90 Å². The molecular formula is C51H31NS2. The van der Waals surface area contributed by atoms with Gasteiger partial charge in [-0.1, -0.05) is 151 Å². The summed E-state index contributed by atoms with van der Waals surface area (Å²) >= 11 is 3.79. The van der Waals surface area contributed by atoms with Crippen LogP contribution in [0.25, 0.3) is 52.8 Å². The zero-order chi connectivity index (χ0) is 35.4. The van der Waals surface area contributed by atoms with Crippen molar-refractivity contribution in [3.63, 3.8) is 0 Å². The van der Waals surface area contributed by atoms with Gasteiger partial charge in [-0.3, -0.25) is 0 Å². The van der Waals surface area contributed by atoms with Gasteiger partial charge in [-0.05, 0) is 103 Å². The Morgan fingerprint density at radius 3 is 1.98 bits per heavy atom. The van der Waals surface area contributed by atoms with Crippen LogP contribution in [0.15, 0.2) is 198 Å². The molecule has 54 heavy (non-hydrogen) atoms. The summed E-state index contributed by atoms with van der Waals surface area (Å²) in [5.74, 6) is 0. The molecule has 1 spiro atoms. The molecule has 1 atom stereocenters. The number of rotatable bonds is 3. The fourth-order valence-electron chi connectivity index (χ4n) is 9.47. The summed E-state index contributed by atoms with van der Waals surface area (Å²) in [4.78, 5) is 5.06. The average molecular weight is 722 g/mol. The largest absolute Gasteiger partial charge is 0.310 e. The van der Waals surface area contributed by atoms with E-state index in [0.717, 1.165) is 17.1 Å². The third-order valence-electron chi connectivity index (χ3n) is 11.7. The van der Waals surface area contributed by atoms with E-state index in [4.69, 9.17) is 0 Å². The van der Waals surface area contributed by atoms with E-state index >= 15 is 0 Å². The summed E-state index contributed by atoms with van der Waals surface area (Å²) in [6.45, 7) is 0. The maximum atomic E-state index is 2.50. The highest BCUT2D eigenvalue weighted by Crippen LogP contribution is 2.62. The van der Waals surface area contributed by atoms with Gasteiger partial charge in [0.2, 0.25) is 0 Å². The lowest BCUT2D eigenvalue weighted by Crippen LogP contribution is -2.36. The maximum absolute atomic E-state index is 2.50. The molecule has 0 N–H and O–H groups in total. The van der Waals surface area contributed by atoms with Gasteiger partial charge in [-0.2, -0.15) is 0 Å². The van der Waals surface area contributed by atoms with Crippen molar-refractivity contribution in [2.45, 2.75) is 15.2 Å². The molecule has 1 aliphatic carbocycles. The molecule has 1 nitrogen and oxygen atoms in total. The van der Waals surface area contributed by atoms with Crippen LogP contribution in [-0.4, -0.2) is 0 Å². The van der Waals surface area contributed by atoms with Crippen LogP contribution < -0.4 is 4.90 Å². The SMILES string of the molecule is c1ccc(N(c2ccc3c(c2)C2(c4ccccc4S3)c3ccccc3-c3cccc4cccc2c34)c2ccc3c(c2)sc2c4ccccc4ccc32)cc1. The van der Waals surface area contributed by atoms with Crippen molar-refractivity contribution in [3.05, 3.63) is 210 Å². The van der Waals surface area contributed by atoms with Crippen molar-refractivity contribution in [2.24, 2.45) is 0 Å². The van der Waals surface area contributed by atoms with Crippen molar-refractivity contribution < 1.29 is 0 Å². The second kappa shape index (κ2) is 11.4. The first kappa shape index (κ1) is 30.3. The minimum absolute atomic E-state index is 0.503. The molecule has 12 rings (SSSR count). The Labute approximate surface area is 321 Å². The van der Waals surface area contributed by atoms with Gasteiger partial charge in [0.15, 0.2) is 0 Å². The van der Waals surface area contributed by atoms with E-state index < -0.39 is 5.41 Å². The van der Waals surface area contributed by atoms with Crippen LogP contribution in [-0.2, 0) is 5.41 Å². The summed E-state index contributed by atoms with van der Waals surface area (Å²) in [5.41, 5.74) is 10.9. The number of anilines is 3. The zero-order valence-corrected chi connectivity index (χ0v) is 30.8. The number of thiophene rings is 1. The molecule has 0 fully saturated rings. The monoisotopic (exact) mass is 721 g/mol. The van der Waals surface area contributed by atoms with Crippen LogP contribution in [0.1, 0.15) is 22.3 Å². The molecule has 252 valence electrons. The van der Waals surface area contributed by atoms with Gasteiger partial charge >= 0.3 is 0 Å². The van der Waals surface area contributed by atoms with E-state index in [1.807, 2.05) is 23.1 Å². The van der Waals surface area contributed by atoms with E-state index in [2.05, 4.69) is 193 Å². The van der Waals surface area contributed by atoms with Gasteiger partial charge in [0.05, 0.1) is 5.41 Å². The molecule has 0 radical (unpaired) electrons. The quantitative estimate of drug-likeness (QED) is 0.179. The molecule has 2 aliphatic rings. The van der Waals surface area contributed by atoms with Crippen LogP contribution in [0.3, 0.4) is 0 Å². The standard InChI is InChI=1S/C51H31NS2/c1-2-15-34(16-3-1)52(36-25-28-39-41-27-24-32-12-4-5-17-37(32)50(41)54-48(39)31-36)35-26-29-47-45(30-35)51(43-21-8-9-23-46(43)53-47)42-20-7-6-18-38(42)40-19-10-13-33-14-11-22-44(51)49(33)40/h1-31H. The summed E-state index contributed by atoms with van der Waals surface area (Å²) in [7, 11) is 0. The van der Waals surface area contributed by atoms with Crippen LogP contribution in [0.4, 0.5) is 17.1 Å². The van der Waals surface area contributed by atoms with E-state index in [0.29, 0.717) is 0 Å². The Morgan fingerprint density at radius 2 is 1.06 bits per heavy atom. The lowest BCUT2D eigenvalue weighted by Gasteiger charge is -2.46. The van der Waals surface area contributed by atoms with E-state index in [-0.39, 0.29) is 0 Å². The number of fused-ring (bicyclic) bond motifs is 13. The molecule has 0 saturated heterocycles. The lowest BCUT2D eigenvalue weighted by molar-refractivity contribution is 0.707. The first-order valence-electron chi connectivity index (χ1n) is 18.5. The highest BCUT2D eigenvalue weighted by atomic mass is 32.2. The van der Waals surface area contributed by atoms with Gasteiger partial charge in [-0.25, -0.2) is 0 Å². The normalized spacial score (nSPS) is 15.4. The van der Waals surface area contributed by atoms with E-state index in [1.54, 1.807) is 0 Å². The highest BCUT2D eigenvalue weighted by Gasteiger charge is 2.48. The molecular weight excluding hydrogens is 691 g/mol. The molecule has 1 unspecified atom stereocenters. The third-order valence-corrected chi connectivity index (χ3v) is 14.0. The topological polar surface area (TPSA) is 3.24 Å². The Bertz CT molecular complexity index is 3150. The van der Waals surface area contributed by atoms with E-state index in [9.17, 15) is 0 Å². The predicted molar refractivity (Wildman–Crippen MR) is 230 cm³/mol. The first-order valence-corrected chi connectivity index (χ1v) is 20.1. The summed E-state index contributed by atoms with van der Waals surface area (Å²) in [6.07, 6.45) is 0. The Hall–Kier alpha value is -6.13. The zero-order valence-electron chi connectivity index (χ0n) is 29.2. The minimum Gasteiger partial charge on any atom is -0.310 e. The molecule has 3 heteroatoms. The summed E-state index contributed by atoms with van der Waals surface area (Å²) in [5, 5.41) is 7.86. The fourth-order valence-corrected chi connectivity index (χ4v) is 11.9. The molecule has 2 heterocycles. The Morgan fingerprint density at radius 1 is 0.389 bits per heavy atom. The van der Waals surface area contributed by atoms with Gasteiger partial charge in [0, 0.05) is 47.0 Å². The maximum Gasteiger partial charge on any atom is 0.0736 e. The second-order valence-corrected chi connectivity index (χ2v) is 16.5. The van der Waals surface area contributed by atoms with Gasteiger partial charge in [0.1, 0.15) is 0 Å². The number of benzene rings is 9. The van der Waals surface area contributed by atoms with Crippen molar-refractivity contribution in [3.8, 4) is 11.1 Å². The smallest absolute Gasteiger partial charge is 0.0736 e. The van der Waals surface area contributed by atoms with Crippen molar-refractivity contribution in [1.82, 2.24) is 0 Å². The number of hydrogen-bond acceptors (Lipinski definition) is 3. The third kappa shape index (κ3) is 4.11. The second-order valence-electron chi connectivity index (χ2n) is 14.4. The van der Waals surface area contributed by atoms with Crippen LogP contribution in [0, 0.1) is 0 Å². The molecule has 9 aromatic carbocycles. The van der Waals surface area contributed by atoms with E-state index in [1.165, 1.54) is 84.9 Å². The van der Waals surface area contributed by atoms with Gasteiger partial charge in [-0.15, -0.1) is 11.3 Å². The minimum atomic E-state index is -0.503. The summed E-state index contributed by atoms with van der Waals surface area (Å²) < 4.78 is 2.64. The molecule has 0 bridgehead atoms. The first-order chi connectivity index (χ1) is 26.8. The molecule has 0 saturated carbocycles. The molecule has 10 aromatic rings. The highest BCUT2D eigenvalue weighted by molar-refractivity contribution is 7.99. The average Bonchev–Trinajstić information content (AvgIpc) is 3.61. The number of nitrogens with zero attached hydrogens (tertiary/aromatic N) is 1. The predicted octanol–water partition coefficient (Wildman–Crippen LogP) is 14.7. The van der Waals surface area contributed by atoms with Crippen molar-refractivity contribution in [1.29, 1.82) is 0 Å². The van der Waals surface area contributed by atoms with Crippen LogP contribution in [0.2, 0.25) is 0 Å². The van der Waals surface area contributed by atoms with Crippen molar-refractivity contribution in [2.75, 3.05) is 4.90 Å². The molecule has 1 aromatic heterocycles. The Kier molecular flexibility index (Phi) is 6.42. The lowest BCUT2D eigenvalue weighted by atomic mass is 9.59. The fraction of sp³-hybridized carbons (Fsp3) is 0.0196. The Balaban J connectivity index is 1.14. The molecule has 1 aliphatic heterocycles. The van der Waals surface area contributed by atoms with Crippen molar-refractivity contribution >= 4 is 81.9 Å². The summed E-state index contributed by atoms with van der Waals surface area (Å²) in [6, 6.07) is 70.3. The van der Waals surface area contributed by atoms with Crippen LogP contribution in [0.5, 0.6) is 0 Å². The number of hydrogen-bond donors (Lipinski definition) is 0.